The molecule has 0 spiro atoms. The summed E-state index contributed by atoms with van der Waals surface area (Å²) in [5.41, 5.74) is 6.38. The number of anilines is 1. The van der Waals surface area contributed by atoms with Crippen molar-refractivity contribution < 1.29 is 4.39 Å². The second kappa shape index (κ2) is 5.84. The Labute approximate surface area is 103 Å². The first kappa shape index (κ1) is 13.0. The molecule has 0 fully saturated rings. The zero-order valence-electron chi connectivity index (χ0n) is 9.30. The van der Waals surface area contributed by atoms with Crippen molar-refractivity contribution in [3.8, 4) is 0 Å². The molecule has 0 unspecified atom stereocenters. The molecule has 0 aliphatic rings. The Morgan fingerprint density at radius 1 is 1.56 bits per heavy atom. The normalized spacial score (nSPS) is 11.9. The number of hydrogen-bond donors (Lipinski definition) is 2. The highest BCUT2D eigenvalue weighted by Gasteiger charge is 2.01. The molecule has 0 heterocycles. The lowest BCUT2D eigenvalue weighted by atomic mass is 10.2. The van der Waals surface area contributed by atoms with Crippen LogP contribution in [0.15, 0.2) is 27.7 Å². The molecule has 0 amide bonds. The van der Waals surface area contributed by atoms with Crippen LogP contribution in [-0.2, 0) is 0 Å². The van der Waals surface area contributed by atoms with Gasteiger partial charge in [0.15, 0.2) is 5.96 Å². The van der Waals surface area contributed by atoms with Crippen molar-refractivity contribution in [3.05, 3.63) is 28.5 Å². The molecule has 16 heavy (non-hydrogen) atoms. The van der Waals surface area contributed by atoms with Crippen LogP contribution in [0.25, 0.3) is 0 Å². The molecule has 1 aromatic rings. The van der Waals surface area contributed by atoms with Crippen molar-refractivity contribution in [2.75, 3.05) is 11.9 Å². The summed E-state index contributed by atoms with van der Waals surface area (Å²) in [7, 11) is 0. The van der Waals surface area contributed by atoms with Gasteiger partial charge in [0, 0.05) is 12.2 Å². The van der Waals surface area contributed by atoms with Crippen molar-refractivity contribution in [1.82, 2.24) is 0 Å². The Balaban J connectivity index is 2.66. The zero-order valence-corrected chi connectivity index (χ0v) is 10.9. The summed E-state index contributed by atoms with van der Waals surface area (Å²) in [5.74, 6) is 0.496. The molecular formula is C11H15BrFN3. The van der Waals surface area contributed by atoms with Gasteiger partial charge in [0.2, 0.25) is 0 Å². The maximum Gasteiger partial charge on any atom is 0.193 e. The predicted molar refractivity (Wildman–Crippen MR) is 69.1 cm³/mol. The Morgan fingerprint density at radius 3 is 2.81 bits per heavy atom. The van der Waals surface area contributed by atoms with Crippen LogP contribution >= 0.6 is 15.9 Å². The Hall–Kier alpha value is -1.10. The molecule has 88 valence electrons. The summed E-state index contributed by atoms with van der Waals surface area (Å²) in [6.07, 6.45) is 0. The minimum atomic E-state index is -0.303. The van der Waals surface area contributed by atoms with E-state index in [2.05, 4.69) is 40.1 Å². The van der Waals surface area contributed by atoms with Gasteiger partial charge in [-0.25, -0.2) is 4.39 Å². The third-order valence-corrected chi connectivity index (χ3v) is 2.43. The van der Waals surface area contributed by atoms with Gasteiger partial charge in [-0.1, -0.05) is 13.8 Å². The molecule has 0 bridgehead atoms. The summed E-state index contributed by atoms with van der Waals surface area (Å²) >= 11 is 3.10. The number of nitrogens with zero attached hydrogens (tertiary/aromatic N) is 1. The first-order valence-corrected chi connectivity index (χ1v) is 5.80. The number of benzene rings is 1. The summed E-state index contributed by atoms with van der Waals surface area (Å²) in [4.78, 5) is 4.15. The van der Waals surface area contributed by atoms with Gasteiger partial charge in [0.25, 0.3) is 0 Å². The molecule has 3 nitrogen and oxygen atoms in total. The van der Waals surface area contributed by atoms with Crippen molar-refractivity contribution in [1.29, 1.82) is 0 Å². The highest BCUT2D eigenvalue weighted by Crippen LogP contribution is 2.19. The molecule has 1 aromatic carbocycles. The van der Waals surface area contributed by atoms with Crippen LogP contribution in [0.5, 0.6) is 0 Å². The molecule has 0 saturated heterocycles. The minimum absolute atomic E-state index is 0.303. The van der Waals surface area contributed by atoms with Gasteiger partial charge in [-0.05, 0) is 40.0 Å². The van der Waals surface area contributed by atoms with Crippen molar-refractivity contribution in [3.63, 3.8) is 0 Å². The largest absolute Gasteiger partial charge is 0.370 e. The third-order valence-electron chi connectivity index (χ3n) is 1.82. The van der Waals surface area contributed by atoms with Gasteiger partial charge in [0.05, 0.1) is 4.47 Å². The highest BCUT2D eigenvalue weighted by atomic mass is 79.9. The zero-order chi connectivity index (χ0) is 12.1. The smallest absolute Gasteiger partial charge is 0.193 e. The fourth-order valence-electron chi connectivity index (χ4n) is 1.04. The summed E-state index contributed by atoms with van der Waals surface area (Å²) in [6, 6.07) is 4.59. The summed E-state index contributed by atoms with van der Waals surface area (Å²) in [6.45, 7) is 4.79. The number of aliphatic imine (C=N–C) groups is 1. The van der Waals surface area contributed by atoms with Crippen LogP contribution in [0.1, 0.15) is 13.8 Å². The van der Waals surface area contributed by atoms with E-state index in [0.717, 1.165) is 0 Å². The van der Waals surface area contributed by atoms with Crippen LogP contribution in [-0.4, -0.2) is 12.5 Å². The van der Waals surface area contributed by atoms with E-state index >= 15 is 0 Å². The first-order valence-electron chi connectivity index (χ1n) is 5.01. The summed E-state index contributed by atoms with van der Waals surface area (Å²) in [5, 5.41) is 2.90. The number of rotatable bonds is 3. The van der Waals surface area contributed by atoms with Gasteiger partial charge < -0.3 is 11.1 Å². The lowest BCUT2D eigenvalue weighted by Crippen LogP contribution is -2.23. The Morgan fingerprint density at radius 2 is 2.25 bits per heavy atom. The molecule has 3 N–H and O–H groups in total. The van der Waals surface area contributed by atoms with E-state index in [4.69, 9.17) is 5.73 Å². The van der Waals surface area contributed by atoms with E-state index in [9.17, 15) is 4.39 Å². The van der Waals surface area contributed by atoms with Crippen LogP contribution in [0.3, 0.4) is 0 Å². The third kappa shape index (κ3) is 4.18. The van der Waals surface area contributed by atoms with Gasteiger partial charge >= 0.3 is 0 Å². The fraction of sp³-hybridized carbons (Fsp3) is 0.364. The van der Waals surface area contributed by atoms with E-state index < -0.39 is 0 Å². The topological polar surface area (TPSA) is 50.4 Å². The van der Waals surface area contributed by atoms with Gasteiger partial charge in [-0.3, -0.25) is 4.99 Å². The Bertz CT molecular complexity index is 391. The number of nitrogens with two attached hydrogens (primary N) is 1. The van der Waals surface area contributed by atoms with Crippen LogP contribution < -0.4 is 11.1 Å². The molecule has 0 aliphatic heterocycles. The highest BCUT2D eigenvalue weighted by molar-refractivity contribution is 9.10. The van der Waals surface area contributed by atoms with Gasteiger partial charge in [-0.15, -0.1) is 0 Å². The van der Waals surface area contributed by atoms with E-state index in [0.29, 0.717) is 28.6 Å². The molecule has 0 radical (unpaired) electrons. The van der Waals surface area contributed by atoms with Crippen LogP contribution in [0.4, 0.5) is 10.1 Å². The quantitative estimate of drug-likeness (QED) is 0.663. The molecule has 5 heteroatoms. The lowest BCUT2D eigenvalue weighted by Gasteiger charge is -2.07. The number of nitrogens with one attached hydrogen (secondary N) is 1. The summed E-state index contributed by atoms with van der Waals surface area (Å²) < 4.78 is 13.4. The average molecular weight is 288 g/mol. The van der Waals surface area contributed by atoms with Gasteiger partial charge in [0.1, 0.15) is 5.82 Å². The first-order chi connectivity index (χ1) is 7.49. The molecule has 0 saturated carbocycles. The molecular weight excluding hydrogens is 273 g/mol. The molecule has 0 aromatic heterocycles. The van der Waals surface area contributed by atoms with Gasteiger partial charge in [-0.2, -0.15) is 0 Å². The number of halogens is 2. The standard InChI is InChI=1S/C11H15BrFN3/c1-7(2)6-15-11(14)16-8-3-4-10(13)9(12)5-8/h3-5,7H,6H2,1-2H3,(H3,14,15,16). The maximum atomic E-state index is 13.0. The van der Waals surface area contributed by atoms with Crippen molar-refractivity contribution in [2.24, 2.45) is 16.6 Å². The second-order valence-corrected chi connectivity index (χ2v) is 4.73. The van der Waals surface area contributed by atoms with Crippen molar-refractivity contribution in [2.45, 2.75) is 13.8 Å². The van der Waals surface area contributed by atoms with Crippen LogP contribution in [0, 0.1) is 11.7 Å². The maximum absolute atomic E-state index is 13.0. The van der Waals surface area contributed by atoms with E-state index in [-0.39, 0.29) is 5.82 Å². The van der Waals surface area contributed by atoms with E-state index in [1.165, 1.54) is 6.07 Å². The van der Waals surface area contributed by atoms with E-state index in [1.807, 2.05) is 0 Å². The lowest BCUT2D eigenvalue weighted by molar-refractivity contribution is 0.621. The molecule has 1 rings (SSSR count). The number of hydrogen-bond acceptors (Lipinski definition) is 1. The van der Waals surface area contributed by atoms with Crippen LogP contribution in [0.2, 0.25) is 0 Å². The van der Waals surface area contributed by atoms with E-state index in [1.54, 1.807) is 12.1 Å². The Kier molecular flexibility index (Phi) is 4.73. The fourth-order valence-corrected chi connectivity index (χ4v) is 1.42. The molecule has 0 aliphatic carbocycles. The monoisotopic (exact) mass is 287 g/mol. The average Bonchev–Trinajstić information content (AvgIpc) is 2.21. The minimum Gasteiger partial charge on any atom is -0.370 e. The SMILES string of the molecule is CC(C)CN=C(N)Nc1ccc(F)c(Br)c1. The predicted octanol–water partition coefficient (Wildman–Crippen LogP) is 2.97. The molecule has 0 atom stereocenters. The number of guanidine groups is 1. The van der Waals surface area contributed by atoms with Crippen molar-refractivity contribution >= 4 is 27.6 Å². The second-order valence-electron chi connectivity index (χ2n) is 3.87.